The smallest absolute Gasteiger partial charge is 0.0393 e. The summed E-state index contributed by atoms with van der Waals surface area (Å²) in [6, 6.07) is 7.01. The first-order valence-corrected chi connectivity index (χ1v) is 7.48. The largest absolute Gasteiger partial charge is 0.385 e. The van der Waals surface area contributed by atoms with E-state index in [0.717, 1.165) is 12.5 Å². The van der Waals surface area contributed by atoms with E-state index in [1.54, 1.807) is 0 Å². The van der Waals surface area contributed by atoms with Gasteiger partial charge in [0.15, 0.2) is 0 Å². The number of fused-ring (bicyclic) bond motifs is 1. The van der Waals surface area contributed by atoms with Crippen LogP contribution in [0.3, 0.4) is 0 Å². The third-order valence-electron chi connectivity index (χ3n) is 4.38. The summed E-state index contributed by atoms with van der Waals surface area (Å²) in [7, 11) is 0. The van der Waals surface area contributed by atoms with Gasteiger partial charge in [0.1, 0.15) is 0 Å². The lowest BCUT2D eigenvalue weighted by molar-refractivity contribution is 0.530. The van der Waals surface area contributed by atoms with Crippen molar-refractivity contribution in [3.63, 3.8) is 0 Å². The zero-order chi connectivity index (χ0) is 12.4. The minimum atomic E-state index is 0.916. The van der Waals surface area contributed by atoms with E-state index in [0.29, 0.717) is 0 Å². The summed E-state index contributed by atoms with van der Waals surface area (Å²) in [5, 5.41) is 3.54. The van der Waals surface area contributed by atoms with E-state index >= 15 is 0 Å². The van der Waals surface area contributed by atoms with E-state index in [1.165, 1.54) is 62.1 Å². The maximum absolute atomic E-state index is 3.54. The van der Waals surface area contributed by atoms with E-state index in [1.807, 2.05) is 0 Å². The predicted octanol–water partition coefficient (Wildman–Crippen LogP) is 3.67. The maximum atomic E-state index is 3.54. The Morgan fingerprint density at radius 2 is 2.33 bits per heavy atom. The van der Waals surface area contributed by atoms with Gasteiger partial charge in [-0.05, 0) is 49.3 Å². The molecule has 1 atom stereocenters. The minimum absolute atomic E-state index is 0.916. The van der Waals surface area contributed by atoms with Crippen LogP contribution in [0.5, 0.6) is 0 Å². The number of anilines is 2. The molecule has 0 aromatic heterocycles. The molecule has 1 saturated heterocycles. The molecule has 0 radical (unpaired) electrons. The van der Waals surface area contributed by atoms with E-state index in [2.05, 4.69) is 35.3 Å². The summed E-state index contributed by atoms with van der Waals surface area (Å²) in [5.74, 6) is 0.916. The van der Waals surface area contributed by atoms with Gasteiger partial charge in [0, 0.05) is 31.0 Å². The van der Waals surface area contributed by atoms with Crippen LogP contribution in [0.15, 0.2) is 18.2 Å². The van der Waals surface area contributed by atoms with Gasteiger partial charge in [0.25, 0.3) is 0 Å². The van der Waals surface area contributed by atoms with Crippen molar-refractivity contribution in [2.75, 3.05) is 29.9 Å². The van der Waals surface area contributed by atoms with E-state index in [-0.39, 0.29) is 0 Å². The van der Waals surface area contributed by atoms with Crippen LogP contribution < -0.4 is 10.2 Å². The Bertz CT molecular complexity index is 414. The SMILES string of the molecule is CCCC1CCN(c2ccc3c(c2)NCCC3)C1. The summed E-state index contributed by atoms with van der Waals surface area (Å²) in [5.41, 5.74) is 4.29. The Morgan fingerprint density at radius 1 is 1.39 bits per heavy atom. The highest BCUT2D eigenvalue weighted by atomic mass is 15.2. The van der Waals surface area contributed by atoms with Crippen molar-refractivity contribution < 1.29 is 0 Å². The molecule has 1 aromatic rings. The fourth-order valence-corrected chi connectivity index (χ4v) is 3.36. The molecule has 3 rings (SSSR count). The summed E-state index contributed by atoms with van der Waals surface area (Å²) in [6.07, 6.45) is 6.60. The highest BCUT2D eigenvalue weighted by Crippen LogP contribution is 2.31. The van der Waals surface area contributed by atoms with E-state index in [4.69, 9.17) is 0 Å². The quantitative estimate of drug-likeness (QED) is 0.872. The van der Waals surface area contributed by atoms with Crippen LogP contribution in [-0.2, 0) is 6.42 Å². The molecule has 2 aliphatic heterocycles. The predicted molar refractivity (Wildman–Crippen MR) is 78.5 cm³/mol. The third kappa shape index (κ3) is 2.33. The monoisotopic (exact) mass is 244 g/mol. The van der Waals surface area contributed by atoms with Gasteiger partial charge in [-0.2, -0.15) is 0 Å². The van der Waals surface area contributed by atoms with Gasteiger partial charge in [0.05, 0.1) is 0 Å². The first kappa shape index (κ1) is 11.9. The summed E-state index contributed by atoms with van der Waals surface area (Å²) < 4.78 is 0. The number of hydrogen-bond acceptors (Lipinski definition) is 2. The molecule has 0 spiro atoms. The lowest BCUT2D eigenvalue weighted by Gasteiger charge is -2.23. The normalized spacial score (nSPS) is 22.7. The van der Waals surface area contributed by atoms with Crippen LogP contribution in [-0.4, -0.2) is 19.6 Å². The van der Waals surface area contributed by atoms with Gasteiger partial charge < -0.3 is 10.2 Å². The van der Waals surface area contributed by atoms with Crippen LogP contribution in [0.1, 0.15) is 38.2 Å². The molecule has 2 heterocycles. The molecule has 0 aliphatic carbocycles. The Balaban J connectivity index is 1.73. The number of rotatable bonds is 3. The van der Waals surface area contributed by atoms with Crippen molar-refractivity contribution in [1.29, 1.82) is 0 Å². The Hall–Kier alpha value is -1.18. The molecule has 1 N–H and O–H groups in total. The summed E-state index contributed by atoms with van der Waals surface area (Å²) >= 11 is 0. The first-order chi connectivity index (χ1) is 8.86. The van der Waals surface area contributed by atoms with Gasteiger partial charge in [-0.3, -0.25) is 0 Å². The number of hydrogen-bond donors (Lipinski definition) is 1. The lowest BCUT2D eigenvalue weighted by Crippen LogP contribution is -2.20. The molecular weight excluding hydrogens is 220 g/mol. The number of benzene rings is 1. The number of nitrogens with zero attached hydrogens (tertiary/aromatic N) is 1. The Labute approximate surface area is 110 Å². The molecule has 18 heavy (non-hydrogen) atoms. The number of nitrogens with one attached hydrogen (secondary N) is 1. The molecule has 0 saturated carbocycles. The van der Waals surface area contributed by atoms with Crippen LogP contribution in [0, 0.1) is 5.92 Å². The van der Waals surface area contributed by atoms with Crippen LogP contribution >= 0.6 is 0 Å². The van der Waals surface area contributed by atoms with Gasteiger partial charge in [-0.25, -0.2) is 0 Å². The average molecular weight is 244 g/mol. The van der Waals surface area contributed by atoms with Crippen molar-refractivity contribution in [2.24, 2.45) is 5.92 Å². The topological polar surface area (TPSA) is 15.3 Å². The molecular formula is C16H24N2. The Morgan fingerprint density at radius 3 is 3.22 bits per heavy atom. The molecule has 1 fully saturated rings. The van der Waals surface area contributed by atoms with Crippen molar-refractivity contribution in [2.45, 2.75) is 39.0 Å². The standard InChI is InChI=1S/C16H24N2/c1-2-4-13-8-10-18(12-13)15-7-6-14-5-3-9-17-16(14)11-15/h6-7,11,13,17H,2-5,8-10,12H2,1H3. The van der Waals surface area contributed by atoms with Gasteiger partial charge in [0.2, 0.25) is 0 Å². The number of aryl methyl sites for hydroxylation is 1. The first-order valence-electron chi connectivity index (χ1n) is 7.48. The lowest BCUT2D eigenvalue weighted by atomic mass is 10.0. The van der Waals surface area contributed by atoms with Crippen molar-refractivity contribution in [3.8, 4) is 0 Å². The summed E-state index contributed by atoms with van der Waals surface area (Å²) in [6.45, 7) is 5.93. The Kier molecular flexibility index (Phi) is 3.44. The van der Waals surface area contributed by atoms with Crippen molar-refractivity contribution in [3.05, 3.63) is 23.8 Å². The maximum Gasteiger partial charge on any atom is 0.0393 e. The molecule has 1 unspecified atom stereocenters. The second-order valence-electron chi connectivity index (χ2n) is 5.76. The van der Waals surface area contributed by atoms with Crippen LogP contribution in [0.4, 0.5) is 11.4 Å². The molecule has 0 amide bonds. The van der Waals surface area contributed by atoms with E-state index in [9.17, 15) is 0 Å². The van der Waals surface area contributed by atoms with E-state index < -0.39 is 0 Å². The zero-order valence-corrected chi connectivity index (χ0v) is 11.4. The van der Waals surface area contributed by atoms with Gasteiger partial charge in [-0.1, -0.05) is 19.4 Å². The zero-order valence-electron chi connectivity index (χ0n) is 11.4. The third-order valence-corrected chi connectivity index (χ3v) is 4.38. The molecule has 0 bridgehead atoms. The second-order valence-corrected chi connectivity index (χ2v) is 5.76. The molecule has 1 aromatic carbocycles. The van der Waals surface area contributed by atoms with Crippen molar-refractivity contribution >= 4 is 11.4 Å². The second kappa shape index (κ2) is 5.21. The molecule has 2 heteroatoms. The average Bonchev–Trinajstić information content (AvgIpc) is 2.87. The van der Waals surface area contributed by atoms with Crippen LogP contribution in [0.25, 0.3) is 0 Å². The van der Waals surface area contributed by atoms with Gasteiger partial charge in [-0.15, -0.1) is 0 Å². The fourth-order valence-electron chi connectivity index (χ4n) is 3.36. The summed E-state index contributed by atoms with van der Waals surface area (Å²) in [4.78, 5) is 2.57. The molecule has 2 aliphatic rings. The fraction of sp³-hybridized carbons (Fsp3) is 0.625. The molecule has 2 nitrogen and oxygen atoms in total. The van der Waals surface area contributed by atoms with Crippen LogP contribution in [0.2, 0.25) is 0 Å². The minimum Gasteiger partial charge on any atom is -0.385 e. The van der Waals surface area contributed by atoms with Crippen molar-refractivity contribution in [1.82, 2.24) is 0 Å². The molecule has 98 valence electrons. The highest BCUT2D eigenvalue weighted by Gasteiger charge is 2.22. The van der Waals surface area contributed by atoms with Gasteiger partial charge >= 0.3 is 0 Å². The highest BCUT2D eigenvalue weighted by molar-refractivity contribution is 5.63.